The predicted molar refractivity (Wildman–Crippen MR) is 131 cm³/mol. The van der Waals surface area contributed by atoms with Gasteiger partial charge in [-0.1, -0.05) is 57.3 Å². The zero-order valence-electron chi connectivity index (χ0n) is 15.2. The van der Waals surface area contributed by atoms with Crippen molar-refractivity contribution in [3.63, 3.8) is 0 Å². The van der Waals surface area contributed by atoms with Crippen LogP contribution in [0.5, 0.6) is 0 Å². The SMILES string of the molecule is O=C(NC(=S)NCc1ccc(-c2ccc(Br)cc2)o1)c1sc2cc(Cl)ccc2c1Cl. The molecule has 9 heteroatoms. The lowest BCUT2D eigenvalue weighted by Gasteiger charge is -2.07. The first-order valence-corrected chi connectivity index (χ1v) is 11.5. The van der Waals surface area contributed by atoms with Crippen LogP contribution in [0.25, 0.3) is 21.4 Å². The number of hydrogen-bond acceptors (Lipinski definition) is 4. The van der Waals surface area contributed by atoms with Gasteiger partial charge in [0.25, 0.3) is 5.91 Å². The van der Waals surface area contributed by atoms with Gasteiger partial charge in [0.05, 0.1) is 11.6 Å². The maximum Gasteiger partial charge on any atom is 0.269 e. The monoisotopic (exact) mass is 538 g/mol. The zero-order valence-corrected chi connectivity index (χ0v) is 19.9. The van der Waals surface area contributed by atoms with Gasteiger partial charge in [0.15, 0.2) is 5.11 Å². The summed E-state index contributed by atoms with van der Waals surface area (Å²) in [6, 6.07) is 16.9. The molecule has 0 fully saturated rings. The molecule has 4 nitrogen and oxygen atoms in total. The number of nitrogens with one attached hydrogen (secondary N) is 2. The molecule has 2 aromatic heterocycles. The predicted octanol–water partition coefficient (Wildman–Crippen LogP) is 7.04. The van der Waals surface area contributed by atoms with Gasteiger partial charge in [0.1, 0.15) is 16.4 Å². The molecule has 0 aliphatic heterocycles. The van der Waals surface area contributed by atoms with E-state index in [1.165, 1.54) is 11.3 Å². The van der Waals surface area contributed by atoms with E-state index in [2.05, 4.69) is 26.6 Å². The van der Waals surface area contributed by atoms with E-state index in [9.17, 15) is 4.79 Å². The molecular weight excluding hydrogens is 527 g/mol. The molecule has 0 unspecified atom stereocenters. The molecule has 0 atom stereocenters. The number of thiocarbonyl (C=S) groups is 1. The van der Waals surface area contributed by atoms with Gasteiger partial charge in [-0.3, -0.25) is 10.1 Å². The largest absolute Gasteiger partial charge is 0.459 e. The lowest BCUT2D eigenvalue weighted by Crippen LogP contribution is -2.38. The van der Waals surface area contributed by atoms with Crippen LogP contribution in [-0.2, 0) is 6.54 Å². The standard InChI is InChI=1S/C21H13BrCl2N2O2S2/c22-12-3-1-11(2-4-12)16-8-6-14(28-16)10-25-21(29)26-20(27)19-18(24)15-7-5-13(23)9-17(15)30-19/h1-9H,10H2,(H2,25,26,27,29). The molecule has 30 heavy (non-hydrogen) atoms. The fourth-order valence-corrected chi connectivity index (χ4v) is 4.92. The molecule has 0 aliphatic rings. The van der Waals surface area contributed by atoms with Crippen LogP contribution >= 0.6 is 62.7 Å². The molecule has 152 valence electrons. The number of rotatable bonds is 4. The minimum absolute atomic E-state index is 0.188. The van der Waals surface area contributed by atoms with Crippen molar-refractivity contribution in [3.05, 3.63) is 79.8 Å². The Balaban J connectivity index is 1.38. The van der Waals surface area contributed by atoms with Crippen molar-refractivity contribution in [2.24, 2.45) is 0 Å². The third-order valence-electron chi connectivity index (χ3n) is 4.24. The molecule has 4 aromatic rings. The van der Waals surface area contributed by atoms with Gasteiger partial charge < -0.3 is 9.73 Å². The molecule has 0 aliphatic carbocycles. The Morgan fingerprint density at radius 1 is 1.10 bits per heavy atom. The molecule has 2 aromatic carbocycles. The van der Waals surface area contributed by atoms with E-state index >= 15 is 0 Å². The molecule has 0 radical (unpaired) electrons. The van der Waals surface area contributed by atoms with Crippen molar-refractivity contribution < 1.29 is 9.21 Å². The third-order valence-corrected chi connectivity index (χ3v) is 6.90. The summed E-state index contributed by atoms with van der Waals surface area (Å²) in [7, 11) is 0. The van der Waals surface area contributed by atoms with E-state index in [0.717, 1.165) is 25.9 Å². The smallest absolute Gasteiger partial charge is 0.269 e. The summed E-state index contributed by atoms with van der Waals surface area (Å²) < 4.78 is 7.68. The summed E-state index contributed by atoms with van der Waals surface area (Å²) in [5.41, 5.74) is 0.972. The van der Waals surface area contributed by atoms with E-state index in [1.54, 1.807) is 18.2 Å². The van der Waals surface area contributed by atoms with Gasteiger partial charge in [-0.25, -0.2) is 0 Å². The Hall–Kier alpha value is -1.90. The summed E-state index contributed by atoms with van der Waals surface area (Å²) in [5.74, 6) is 1.08. The molecule has 0 bridgehead atoms. The molecule has 4 rings (SSSR count). The van der Waals surface area contributed by atoms with Crippen molar-refractivity contribution >= 4 is 83.8 Å². The zero-order chi connectivity index (χ0) is 21.3. The van der Waals surface area contributed by atoms with Gasteiger partial charge in [-0.05, 0) is 48.6 Å². The average Bonchev–Trinajstić information content (AvgIpc) is 3.31. The molecule has 0 saturated carbocycles. The Morgan fingerprint density at radius 3 is 2.63 bits per heavy atom. The maximum absolute atomic E-state index is 12.6. The normalized spacial score (nSPS) is 10.9. The van der Waals surface area contributed by atoms with Gasteiger partial charge in [-0.2, -0.15) is 0 Å². The quantitative estimate of drug-likeness (QED) is 0.273. The van der Waals surface area contributed by atoms with E-state index in [-0.39, 0.29) is 11.0 Å². The summed E-state index contributed by atoms with van der Waals surface area (Å²) in [6.45, 7) is 0.339. The first kappa shape index (κ1) is 21.3. The summed E-state index contributed by atoms with van der Waals surface area (Å²) >= 11 is 22.3. The van der Waals surface area contributed by atoms with Gasteiger partial charge >= 0.3 is 0 Å². The second-order valence-electron chi connectivity index (χ2n) is 6.30. The summed E-state index contributed by atoms with van der Waals surface area (Å²) in [6.07, 6.45) is 0. The van der Waals surface area contributed by atoms with E-state index in [1.807, 2.05) is 36.4 Å². The molecular formula is C21H13BrCl2N2O2S2. The molecule has 0 spiro atoms. The first-order chi connectivity index (χ1) is 14.4. The summed E-state index contributed by atoms with van der Waals surface area (Å²) in [5, 5.41) is 7.58. The van der Waals surface area contributed by atoms with E-state index in [4.69, 9.17) is 39.8 Å². The van der Waals surface area contributed by atoms with E-state index < -0.39 is 0 Å². The first-order valence-electron chi connectivity index (χ1n) is 8.72. The fourth-order valence-electron chi connectivity index (χ4n) is 2.80. The highest BCUT2D eigenvalue weighted by atomic mass is 79.9. The number of halogens is 3. The van der Waals surface area contributed by atoms with Crippen LogP contribution in [0.4, 0.5) is 0 Å². The number of carbonyl (C=O) groups excluding carboxylic acids is 1. The molecule has 2 heterocycles. The summed E-state index contributed by atoms with van der Waals surface area (Å²) in [4.78, 5) is 13.0. The van der Waals surface area contributed by atoms with Crippen LogP contribution in [0, 0.1) is 0 Å². The number of furan rings is 1. The topological polar surface area (TPSA) is 54.3 Å². The van der Waals surface area contributed by atoms with Crippen molar-refractivity contribution in [1.82, 2.24) is 10.6 Å². The maximum atomic E-state index is 12.6. The van der Waals surface area contributed by atoms with Crippen LogP contribution < -0.4 is 10.6 Å². The van der Waals surface area contributed by atoms with Crippen LogP contribution in [-0.4, -0.2) is 11.0 Å². The Morgan fingerprint density at radius 2 is 1.87 bits per heavy atom. The number of hydrogen-bond donors (Lipinski definition) is 2. The van der Waals surface area contributed by atoms with Gasteiger partial charge in [0.2, 0.25) is 0 Å². The Labute approximate surface area is 200 Å². The number of benzene rings is 2. The lowest BCUT2D eigenvalue weighted by molar-refractivity contribution is 0.0980. The number of fused-ring (bicyclic) bond motifs is 1. The molecule has 2 N–H and O–H groups in total. The lowest BCUT2D eigenvalue weighted by atomic mass is 10.2. The van der Waals surface area contributed by atoms with E-state index in [0.29, 0.717) is 27.2 Å². The number of carbonyl (C=O) groups is 1. The highest BCUT2D eigenvalue weighted by Crippen LogP contribution is 2.36. The highest BCUT2D eigenvalue weighted by Gasteiger charge is 2.18. The van der Waals surface area contributed by atoms with Gasteiger partial charge in [0, 0.05) is 25.1 Å². The Bertz CT molecular complexity index is 1250. The second-order valence-corrected chi connectivity index (χ2v) is 9.49. The molecule has 0 saturated heterocycles. The van der Waals surface area contributed by atoms with Crippen molar-refractivity contribution in [3.8, 4) is 11.3 Å². The van der Waals surface area contributed by atoms with Crippen molar-refractivity contribution in [1.29, 1.82) is 0 Å². The van der Waals surface area contributed by atoms with Crippen LogP contribution in [0.15, 0.2) is 63.5 Å². The average molecular weight is 540 g/mol. The minimum atomic E-state index is -0.371. The van der Waals surface area contributed by atoms with Crippen molar-refractivity contribution in [2.75, 3.05) is 0 Å². The fraction of sp³-hybridized carbons (Fsp3) is 0.0476. The van der Waals surface area contributed by atoms with Crippen molar-refractivity contribution in [2.45, 2.75) is 6.54 Å². The Kier molecular flexibility index (Phi) is 6.46. The van der Waals surface area contributed by atoms with Crippen LogP contribution in [0.3, 0.4) is 0 Å². The van der Waals surface area contributed by atoms with Crippen LogP contribution in [0.2, 0.25) is 10.0 Å². The molecule has 1 amide bonds. The highest BCUT2D eigenvalue weighted by molar-refractivity contribution is 9.10. The van der Waals surface area contributed by atoms with Gasteiger partial charge in [-0.15, -0.1) is 11.3 Å². The van der Waals surface area contributed by atoms with Crippen LogP contribution in [0.1, 0.15) is 15.4 Å². The minimum Gasteiger partial charge on any atom is -0.459 e. The second kappa shape index (κ2) is 9.08. The number of amides is 1. The third kappa shape index (κ3) is 4.71. The number of thiophene rings is 1.